The number of hydrogen-bond donors (Lipinski definition) is 5. The van der Waals surface area contributed by atoms with Crippen LogP contribution in [0.2, 0.25) is 5.28 Å². The topological polar surface area (TPSA) is 243 Å². The van der Waals surface area contributed by atoms with E-state index in [1.165, 1.54) is 38.6 Å². The molecule has 1 aliphatic rings. The van der Waals surface area contributed by atoms with Gasteiger partial charge in [-0.1, -0.05) is 30.3 Å². The molecule has 0 amide bonds. The number of halogens is 1. The Bertz CT molecular complexity index is 1610. The molecule has 1 saturated heterocycles. The van der Waals surface area contributed by atoms with Gasteiger partial charge in [-0.15, -0.1) is 0 Å². The monoisotopic (exact) mass is 731 g/mol. The van der Waals surface area contributed by atoms with Gasteiger partial charge in [-0.3, -0.25) is 4.57 Å². The molecule has 0 bridgehead atoms. The predicted octanol–water partition coefficient (Wildman–Crippen LogP) is 3.29. The maximum atomic E-state index is 12.8. The molecule has 3 aromatic rings. The second-order valence-electron chi connectivity index (χ2n) is 11.7. The Morgan fingerprint density at radius 3 is 2.14 bits per heavy atom. The predicted molar refractivity (Wildman–Crippen MR) is 171 cm³/mol. The number of nitrogens with one attached hydrogen (secondary N) is 1. The van der Waals surface area contributed by atoms with Gasteiger partial charge in [0.2, 0.25) is 10.6 Å². The Kier molecular flexibility index (Phi) is 12.4. The summed E-state index contributed by atoms with van der Waals surface area (Å²) in [5, 5.41) is 26.9. The van der Waals surface area contributed by atoms with Gasteiger partial charge in [-0.2, -0.15) is 15.1 Å². The summed E-state index contributed by atoms with van der Waals surface area (Å²) >= 11 is 6.25. The smallest absolute Gasteiger partial charge is 0.432 e. The number of aliphatic hydroxyl groups excluding tert-OH is 2. The van der Waals surface area contributed by atoms with Gasteiger partial charge in [-0.25, -0.2) is 14.3 Å². The second-order valence-corrected chi connectivity index (χ2v) is 13.9. The molecule has 270 valence electrons. The van der Waals surface area contributed by atoms with Crippen LogP contribution in [-0.4, -0.2) is 108 Å². The van der Waals surface area contributed by atoms with E-state index in [9.17, 15) is 34.2 Å². The van der Waals surface area contributed by atoms with Crippen molar-refractivity contribution < 1.29 is 62.6 Å². The van der Waals surface area contributed by atoms with E-state index < -0.39 is 81.8 Å². The number of ether oxygens (including phenoxy) is 6. The number of aromatic nitrogens is 4. The molecule has 3 heterocycles. The third-order valence-corrected chi connectivity index (χ3v) is 8.82. The van der Waals surface area contributed by atoms with E-state index in [0.29, 0.717) is 11.2 Å². The van der Waals surface area contributed by atoms with Crippen molar-refractivity contribution in [2.24, 2.45) is 0 Å². The molecule has 4 rings (SSSR count). The van der Waals surface area contributed by atoms with E-state index in [2.05, 4.69) is 20.4 Å². The number of rotatable bonds is 14. The Morgan fingerprint density at radius 1 is 1.00 bits per heavy atom. The standard InChI is InChI=1S/C29H39ClN5O13P/c1-15(2)46-27(38)43-13-29(49(40,41)42,14-44-28(39)47-16(3)4)45-12-20-21(36)22(37)25(48-20)35-24-19(11-31-35)23(33-26(30)34-24)32-17(5)18-9-7-6-8-10-18/h6-11,15-17,20-22,25,36-37H,12-14H2,1-5H3,(H,32,33,34)(H2,40,41,42)/t17-,20+,21+,22+,25+/m0/s1. The summed E-state index contributed by atoms with van der Waals surface area (Å²) in [5.41, 5.74) is 1.10. The Labute approximate surface area is 285 Å². The quantitative estimate of drug-likeness (QED) is 0.0907. The van der Waals surface area contributed by atoms with Crippen molar-refractivity contribution in [2.75, 3.05) is 25.1 Å². The molecule has 5 N–H and O–H groups in total. The minimum absolute atomic E-state index is 0.138. The van der Waals surface area contributed by atoms with Gasteiger partial charge in [-0.05, 0) is 51.8 Å². The van der Waals surface area contributed by atoms with Crippen molar-refractivity contribution in [3.8, 4) is 0 Å². The Morgan fingerprint density at radius 2 is 1.59 bits per heavy atom. The molecule has 1 fully saturated rings. The highest BCUT2D eigenvalue weighted by Gasteiger charge is 2.54. The summed E-state index contributed by atoms with van der Waals surface area (Å²) in [6, 6.07) is 9.34. The van der Waals surface area contributed by atoms with Crippen LogP contribution in [0.4, 0.5) is 15.4 Å². The van der Waals surface area contributed by atoms with Crippen molar-refractivity contribution in [3.05, 3.63) is 47.4 Å². The normalized spacial score (nSPS) is 20.4. The molecule has 0 unspecified atom stereocenters. The maximum absolute atomic E-state index is 12.8. The molecule has 18 nitrogen and oxygen atoms in total. The highest BCUT2D eigenvalue weighted by Crippen LogP contribution is 2.52. The fourth-order valence-corrected chi connectivity index (χ4v) is 5.58. The van der Waals surface area contributed by atoms with Gasteiger partial charge >= 0.3 is 19.9 Å². The molecule has 0 spiro atoms. The number of carbonyl (C=O) groups excluding carboxylic acids is 2. The van der Waals surface area contributed by atoms with Crippen LogP contribution in [0.15, 0.2) is 36.5 Å². The molecule has 0 saturated carbocycles. The van der Waals surface area contributed by atoms with Crippen molar-refractivity contribution in [1.29, 1.82) is 0 Å². The summed E-state index contributed by atoms with van der Waals surface area (Å²) in [4.78, 5) is 53.4. The van der Waals surface area contributed by atoms with E-state index in [1.807, 2.05) is 37.3 Å². The fourth-order valence-electron chi connectivity index (χ4n) is 4.71. The van der Waals surface area contributed by atoms with E-state index in [-0.39, 0.29) is 17.0 Å². The lowest BCUT2D eigenvalue weighted by Crippen LogP contribution is -2.47. The molecular weight excluding hydrogens is 693 g/mol. The van der Waals surface area contributed by atoms with Gasteiger partial charge in [0.1, 0.15) is 37.3 Å². The van der Waals surface area contributed by atoms with E-state index in [0.717, 1.165) is 5.56 Å². The number of benzene rings is 1. The minimum Gasteiger partial charge on any atom is -0.432 e. The van der Waals surface area contributed by atoms with Gasteiger partial charge < -0.3 is 53.7 Å². The van der Waals surface area contributed by atoms with Crippen molar-refractivity contribution in [3.63, 3.8) is 0 Å². The first-order valence-electron chi connectivity index (χ1n) is 15.1. The molecule has 2 aromatic heterocycles. The van der Waals surface area contributed by atoms with E-state index in [1.54, 1.807) is 0 Å². The average Bonchev–Trinajstić information content (AvgIpc) is 3.55. The molecule has 49 heavy (non-hydrogen) atoms. The van der Waals surface area contributed by atoms with Gasteiger partial charge in [0, 0.05) is 6.04 Å². The molecule has 0 radical (unpaired) electrons. The van der Waals surface area contributed by atoms with Crippen LogP contribution in [-0.2, 0) is 33.0 Å². The van der Waals surface area contributed by atoms with Crippen molar-refractivity contribution >= 4 is 48.4 Å². The number of nitrogens with zero attached hydrogens (tertiary/aromatic N) is 4. The van der Waals surface area contributed by atoms with Crippen LogP contribution in [0, 0.1) is 0 Å². The first-order valence-corrected chi connectivity index (χ1v) is 17.1. The Hall–Kier alpha value is -3.61. The van der Waals surface area contributed by atoms with E-state index in [4.69, 9.17) is 40.0 Å². The number of aliphatic hydroxyl groups is 2. The molecule has 5 atom stereocenters. The second kappa shape index (κ2) is 15.9. The molecule has 1 aliphatic heterocycles. The van der Waals surface area contributed by atoms with Gasteiger partial charge in [0.05, 0.1) is 30.4 Å². The summed E-state index contributed by atoms with van der Waals surface area (Å²) in [7, 11) is -5.46. The molecule has 0 aliphatic carbocycles. The lowest BCUT2D eigenvalue weighted by Gasteiger charge is -2.33. The van der Waals surface area contributed by atoms with Gasteiger partial charge in [0.15, 0.2) is 11.9 Å². The van der Waals surface area contributed by atoms with Crippen LogP contribution in [0.5, 0.6) is 0 Å². The number of anilines is 1. The third-order valence-electron chi connectivity index (χ3n) is 7.20. The molecule has 1 aromatic carbocycles. The SMILES string of the molecule is CC(C)OC(=O)OCC(COC(=O)OC(C)C)(OC[C@H]1O[C@@H](n2ncc3c(N[C@@H](C)c4ccccc4)nc(Cl)nc32)[C@H](O)[C@@H]1O)P(=O)(O)O. The average molecular weight is 732 g/mol. The van der Waals surface area contributed by atoms with Crippen LogP contribution in [0.1, 0.15) is 52.5 Å². The van der Waals surface area contributed by atoms with Crippen LogP contribution in [0.25, 0.3) is 11.0 Å². The van der Waals surface area contributed by atoms with Crippen LogP contribution in [0.3, 0.4) is 0 Å². The maximum Gasteiger partial charge on any atom is 0.508 e. The molecular formula is C29H39ClN5O13P. The summed E-state index contributed by atoms with van der Waals surface area (Å²) < 4.78 is 45.0. The zero-order valence-electron chi connectivity index (χ0n) is 27.2. The summed E-state index contributed by atoms with van der Waals surface area (Å²) in [6.45, 7) is 4.89. The zero-order valence-corrected chi connectivity index (χ0v) is 28.9. The number of hydrogen-bond acceptors (Lipinski definition) is 15. The number of carbonyl (C=O) groups is 2. The first kappa shape index (κ1) is 38.2. The zero-order chi connectivity index (χ0) is 36.1. The summed E-state index contributed by atoms with van der Waals surface area (Å²) in [6.07, 6.45) is -8.58. The number of fused-ring (bicyclic) bond motifs is 1. The van der Waals surface area contributed by atoms with Crippen LogP contribution >= 0.6 is 19.2 Å². The van der Waals surface area contributed by atoms with Crippen molar-refractivity contribution in [1.82, 2.24) is 19.7 Å². The first-order chi connectivity index (χ1) is 23.0. The summed E-state index contributed by atoms with van der Waals surface area (Å²) in [5.74, 6) is 0.337. The largest absolute Gasteiger partial charge is 0.508 e. The van der Waals surface area contributed by atoms with E-state index >= 15 is 0 Å². The lowest BCUT2D eigenvalue weighted by atomic mass is 10.1. The van der Waals surface area contributed by atoms with Crippen molar-refractivity contribution in [2.45, 2.75) is 82.8 Å². The lowest BCUT2D eigenvalue weighted by molar-refractivity contribution is -0.130. The van der Waals surface area contributed by atoms with Gasteiger partial charge in [0.25, 0.3) is 0 Å². The third kappa shape index (κ3) is 9.34. The highest BCUT2D eigenvalue weighted by molar-refractivity contribution is 7.53. The Balaban J connectivity index is 1.56. The van der Waals surface area contributed by atoms with Crippen LogP contribution < -0.4 is 5.32 Å². The minimum atomic E-state index is -5.46. The molecule has 20 heteroatoms. The fraction of sp³-hybridized carbons (Fsp3) is 0.552. The highest BCUT2D eigenvalue weighted by atomic mass is 35.5.